The van der Waals surface area contributed by atoms with Crippen LogP contribution in [0.3, 0.4) is 0 Å². The zero-order valence-corrected chi connectivity index (χ0v) is 13.9. The Morgan fingerprint density at radius 1 is 1.10 bits per heavy atom. The van der Waals surface area contributed by atoms with E-state index in [1.54, 1.807) is 7.11 Å². The van der Waals surface area contributed by atoms with Crippen LogP contribution >= 0.6 is 0 Å². The van der Waals surface area contributed by atoms with Crippen LogP contribution in [-0.2, 0) is 4.74 Å². The van der Waals surface area contributed by atoms with Crippen molar-refractivity contribution in [1.29, 1.82) is 0 Å². The molecule has 3 nitrogen and oxygen atoms in total. The second-order valence-electron chi connectivity index (χ2n) is 6.15. The van der Waals surface area contributed by atoms with Crippen molar-refractivity contribution in [2.24, 2.45) is 0 Å². The molecule has 0 saturated heterocycles. The third-order valence-electron chi connectivity index (χ3n) is 4.87. The maximum atomic E-state index is 6.09. The molecule has 0 radical (unpaired) electrons. The summed E-state index contributed by atoms with van der Waals surface area (Å²) in [5.41, 5.74) is 2.33. The molecule has 1 saturated carbocycles. The van der Waals surface area contributed by atoms with E-state index in [0.29, 0.717) is 0 Å². The van der Waals surface area contributed by atoms with E-state index in [9.17, 15) is 0 Å². The van der Waals surface area contributed by atoms with Crippen LogP contribution in [0.2, 0.25) is 0 Å². The lowest BCUT2D eigenvalue weighted by molar-refractivity contribution is -0.0527. The van der Waals surface area contributed by atoms with Gasteiger partial charge in [0.1, 0.15) is 5.75 Å². The van der Waals surface area contributed by atoms with Crippen molar-refractivity contribution in [2.45, 2.75) is 57.1 Å². The van der Waals surface area contributed by atoms with Gasteiger partial charge in [0, 0.05) is 12.7 Å². The molecule has 0 aromatic heterocycles. The fourth-order valence-electron chi connectivity index (χ4n) is 3.72. The first-order valence-electron chi connectivity index (χ1n) is 8.04. The molecule has 1 unspecified atom stereocenters. The Kier molecular flexibility index (Phi) is 5.65. The lowest BCUT2D eigenvalue weighted by Crippen LogP contribution is -2.44. The summed E-state index contributed by atoms with van der Waals surface area (Å²) in [4.78, 5) is 0. The summed E-state index contributed by atoms with van der Waals surface area (Å²) in [6.45, 7) is 2.13. The maximum absolute atomic E-state index is 6.09. The average molecular weight is 291 g/mol. The van der Waals surface area contributed by atoms with Crippen LogP contribution in [0.1, 0.15) is 55.7 Å². The van der Waals surface area contributed by atoms with Gasteiger partial charge in [-0.1, -0.05) is 43.4 Å². The highest BCUT2D eigenvalue weighted by molar-refractivity contribution is 5.40. The molecule has 0 spiro atoms. The van der Waals surface area contributed by atoms with E-state index in [1.807, 2.05) is 14.2 Å². The first-order chi connectivity index (χ1) is 10.2. The first-order valence-corrected chi connectivity index (χ1v) is 8.04. The van der Waals surface area contributed by atoms with E-state index in [4.69, 9.17) is 9.47 Å². The zero-order chi connectivity index (χ0) is 15.3. The average Bonchev–Trinajstić information content (AvgIpc) is 2.75. The van der Waals surface area contributed by atoms with Gasteiger partial charge in [-0.3, -0.25) is 0 Å². The highest BCUT2D eigenvalue weighted by atomic mass is 16.5. The number of nitrogens with one attached hydrogen (secondary N) is 1. The molecule has 1 aromatic carbocycles. The third-order valence-corrected chi connectivity index (χ3v) is 4.87. The van der Waals surface area contributed by atoms with Crippen molar-refractivity contribution < 1.29 is 9.47 Å². The Balaban J connectivity index is 2.43. The SMILES string of the molecule is CNC(c1cc(C)ccc1OC)C1(OC)CCCCCC1. The van der Waals surface area contributed by atoms with Crippen LogP contribution in [-0.4, -0.2) is 26.9 Å². The van der Waals surface area contributed by atoms with E-state index in [0.717, 1.165) is 18.6 Å². The van der Waals surface area contributed by atoms with Gasteiger partial charge in [0.05, 0.1) is 18.8 Å². The van der Waals surface area contributed by atoms with Crippen molar-refractivity contribution in [3.05, 3.63) is 29.3 Å². The van der Waals surface area contributed by atoms with Gasteiger partial charge in [-0.05, 0) is 32.9 Å². The summed E-state index contributed by atoms with van der Waals surface area (Å²) in [7, 11) is 5.63. The van der Waals surface area contributed by atoms with Crippen molar-refractivity contribution in [2.75, 3.05) is 21.3 Å². The Bertz CT molecular complexity index is 451. The molecular formula is C18H29NO2. The fourth-order valence-corrected chi connectivity index (χ4v) is 3.72. The number of likely N-dealkylation sites (N-methyl/N-ethyl adjacent to an activating group) is 1. The molecule has 0 aliphatic heterocycles. The van der Waals surface area contributed by atoms with Crippen LogP contribution in [0.25, 0.3) is 0 Å². The highest BCUT2D eigenvalue weighted by Crippen LogP contribution is 2.42. The maximum Gasteiger partial charge on any atom is 0.123 e. The van der Waals surface area contributed by atoms with Gasteiger partial charge in [0.15, 0.2) is 0 Å². The first kappa shape index (κ1) is 16.3. The van der Waals surface area contributed by atoms with Crippen LogP contribution in [0.4, 0.5) is 0 Å². The molecule has 1 aromatic rings. The molecule has 0 amide bonds. The molecule has 1 aliphatic carbocycles. The highest BCUT2D eigenvalue weighted by Gasteiger charge is 2.40. The summed E-state index contributed by atoms with van der Waals surface area (Å²) in [6.07, 6.45) is 7.30. The van der Waals surface area contributed by atoms with Gasteiger partial charge < -0.3 is 14.8 Å². The number of ether oxygens (including phenoxy) is 2. The second kappa shape index (κ2) is 7.28. The molecule has 2 rings (SSSR count). The number of rotatable bonds is 5. The summed E-state index contributed by atoms with van der Waals surface area (Å²) >= 11 is 0. The Morgan fingerprint density at radius 3 is 2.29 bits per heavy atom. The van der Waals surface area contributed by atoms with Gasteiger partial charge in [-0.25, -0.2) is 0 Å². The Hall–Kier alpha value is -1.06. The summed E-state index contributed by atoms with van der Waals surface area (Å²) in [5.74, 6) is 0.945. The molecule has 0 heterocycles. The minimum Gasteiger partial charge on any atom is -0.496 e. The molecule has 21 heavy (non-hydrogen) atoms. The van der Waals surface area contributed by atoms with Crippen molar-refractivity contribution in [3.63, 3.8) is 0 Å². The molecular weight excluding hydrogens is 262 g/mol. The van der Waals surface area contributed by atoms with E-state index in [-0.39, 0.29) is 11.6 Å². The summed E-state index contributed by atoms with van der Waals surface area (Å²) in [6, 6.07) is 6.55. The largest absolute Gasteiger partial charge is 0.496 e. The molecule has 1 aliphatic rings. The van der Waals surface area contributed by atoms with E-state index in [1.165, 1.54) is 36.8 Å². The number of methoxy groups -OCH3 is 2. The second-order valence-corrected chi connectivity index (χ2v) is 6.15. The summed E-state index contributed by atoms with van der Waals surface area (Å²) < 4.78 is 11.7. The standard InChI is InChI=1S/C18H29NO2/c1-14-9-10-16(20-3)15(13-14)17(19-2)18(21-4)11-7-5-6-8-12-18/h9-10,13,17,19H,5-8,11-12H2,1-4H3. The topological polar surface area (TPSA) is 30.5 Å². The molecule has 0 bridgehead atoms. The van der Waals surface area contributed by atoms with Gasteiger partial charge in [-0.15, -0.1) is 0 Å². The minimum atomic E-state index is -0.133. The Morgan fingerprint density at radius 2 is 1.76 bits per heavy atom. The lowest BCUT2D eigenvalue weighted by Gasteiger charge is -2.40. The molecule has 118 valence electrons. The smallest absolute Gasteiger partial charge is 0.123 e. The number of hydrogen-bond donors (Lipinski definition) is 1. The van der Waals surface area contributed by atoms with E-state index >= 15 is 0 Å². The van der Waals surface area contributed by atoms with Crippen molar-refractivity contribution >= 4 is 0 Å². The van der Waals surface area contributed by atoms with E-state index in [2.05, 4.69) is 30.4 Å². The monoisotopic (exact) mass is 291 g/mol. The quantitative estimate of drug-likeness (QED) is 0.832. The van der Waals surface area contributed by atoms with Gasteiger partial charge in [-0.2, -0.15) is 0 Å². The van der Waals surface area contributed by atoms with Crippen LogP contribution in [0.15, 0.2) is 18.2 Å². The van der Waals surface area contributed by atoms with Crippen molar-refractivity contribution in [3.8, 4) is 5.75 Å². The molecule has 1 fully saturated rings. The number of hydrogen-bond acceptors (Lipinski definition) is 3. The van der Waals surface area contributed by atoms with Crippen LogP contribution < -0.4 is 10.1 Å². The normalized spacial score (nSPS) is 19.8. The zero-order valence-electron chi connectivity index (χ0n) is 13.9. The van der Waals surface area contributed by atoms with Gasteiger partial charge >= 0.3 is 0 Å². The Labute approximate surface area is 129 Å². The number of benzene rings is 1. The third kappa shape index (κ3) is 3.41. The number of aryl methyl sites for hydroxylation is 1. The van der Waals surface area contributed by atoms with Crippen molar-refractivity contribution in [1.82, 2.24) is 5.32 Å². The predicted molar refractivity (Wildman–Crippen MR) is 87.0 cm³/mol. The van der Waals surface area contributed by atoms with E-state index < -0.39 is 0 Å². The predicted octanol–water partition coefficient (Wildman–Crippen LogP) is 4.00. The van der Waals surface area contributed by atoms with Crippen LogP contribution in [0, 0.1) is 6.92 Å². The summed E-state index contributed by atoms with van der Waals surface area (Å²) in [5, 5.41) is 3.50. The van der Waals surface area contributed by atoms with Crippen LogP contribution in [0.5, 0.6) is 5.75 Å². The van der Waals surface area contributed by atoms with Gasteiger partial charge in [0.25, 0.3) is 0 Å². The lowest BCUT2D eigenvalue weighted by atomic mass is 9.81. The minimum absolute atomic E-state index is 0.133. The molecule has 1 N–H and O–H groups in total. The molecule has 1 atom stereocenters. The van der Waals surface area contributed by atoms with Gasteiger partial charge in [0.2, 0.25) is 0 Å². The molecule has 3 heteroatoms. The fraction of sp³-hybridized carbons (Fsp3) is 0.667.